The molecule has 0 unspecified atom stereocenters. The zero-order valence-corrected chi connectivity index (χ0v) is 10.8. The molecule has 1 saturated carbocycles. The summed E-state index contributed by atoms with van der Waals surface area (Å²) in [6.45, 7) is 12.3. The third kappa shape index (κ3) is 3.19. The lowest BCUT2D eigenvalue weighted by Gasteiger charge is -2.27. The predicted molar refractivity (Wildman–Crippen MR) is 66.6 cm³/mol. The van der Waals surface area contributed by atoms with Crippen molar-refractivity contribution in [1.29, 1.82) is 0 Å². The van der Waals surface area contributed by atoms with E-state index < -0.39 is 0 Å². The van der Waals surface area contributed by atoms with Gasteiger partial charge in [0.2, 0.25) is 0 Å². The van der Waals surface area contributed by atoms with E-state index in [0.717, 1.165) is 38.8 Å². The Labute approximate surface area is 99.5 Å². The lowest BCUT2D eigenvalue weighted by molar-refractivity contribution is 0.0382. The van der Waals surface area contributed by atoms with E-state index in [9.17, 15) is 0 Å². The van der Waals surface area contributed by atoms with E-state index in [1.54, 1.807) is 0 Å². The lowest BCUT2D eigenvalue weighted by Crippen LogP contribution is -2.41. The average Bonchev–Trinajstić information content (AvgIpc) is 3.07. The summed E-state index contributed by atoms with van der Waals surface area (Å²) in [5, 5.41) is 3.63. The Kier molecular flexibility index (Phi) is 4.22. The second kappa shape index (κ2) is 5.48. The predicted octanol–water partition coefficient (Wildman–Crippen LogP) is 1.34. The molecule has 0 aromatic heterocycles. The van der Waals surface area contributed by atoms with Crippen LogP contribution in [0.15, 0.2) is 0 Å². The number of rotatable bonds is 6. The maximum Gasteiger partial charge on any atom is 0.0594 e. The van der Waals surface area contributed by atoms with Crippen molar-refractivity contribution in [2.45, 2.75) is 26.7 Å². The first-order valence-electron chi connectivity index (χ1n) is 6.74. The van der Waals surface area contributed by atoms with Gasteiger partial charge in [-0.2, -0.15) is 0 Å². The summed E-state index contributed by atoms with van der Waals surface area (Å²) < 4.78 is 5.34. The van der Waals surface area contributed by atoms with Crippen molar-refractivity contribution in [3.63, 3.8) is 0 Å². The zero-order valence-electron chi connectivity index (χ0n) is 10.8. The van der Waals surface area contributed by atoms with Crippen LogP contribution in [0, 0.1) is 11.3 Å². The van der Waals surface area contributed by atoms with Gasteiger partial charge in [0.05, 0.1) is 13.2 Å². The second-order valence-corrected chi connectivity index (χ2v) is 5.65. The molecule has 2 rings (SSSR count). The fraction of sp³-hybridized carbons (Fsp3) is 1.00. The van der Waals surface area contributed by atoms with E-state index in [0.29, 0.717) is 5.41 Å². The van der Waals surface area contributed by atoms with Crippen molar-refractivity contribution < 1.29 is 4.74 Å². The number of ether oxygens (including phenoxy) is 1. The molecule has 0 bridgehead atoms. The van der Waals surface area contributed by atoms with Gasteiger partial charge in [-0.25, -0.2) is 0 Å². The second-order valence-electron chi connectivity index (χ2n) is 5.65. The molecule has 2 aliphatic rings. The highest BCUT2D eigenvalue weighted by Gasteiger charge is 2.44. The third-order valence-electron chi connectivity index (χ3n) is 4.30. The molecule has 1 heterocycles. The van der Waals surface area contributed by atoms with Gasteiger partial charge >= 0.3 is 0 Å². The first-order valence-corrected chi connectivity index (χ1v) is 6.74. The van der Waals surface area contributed by atoms with Crippen molar-refractivity contribution in [2.75, 3.05) is 45.9 Å². The number of nitrogens with zero attached hydrogens (tertiary/aromatic N) is 1. The molecule has 94 valence electrons. The van der Waals surface area contributed by atoms with Gasteiger partial charge in [0, 0.05) is 32.7 Å². The highest BCUT2D eigenvalue weighted by Crippen LogP contribution is 2.51. The Balaban J connectivity index is 1.55. The molecule has 16 heavy (non-hydrogen) atoms. The Morgan fingerprint density at radius 3 is 2.50 bits per heavy atom. The van der Waals surface area contributed by atoms with Gasteiger partial charge < -0.3 is 10.1 Å². The number of nitrogens with one attached hydrogen (secondary N) is 1. The maximum atomic E-state index is 5.34. The minimum Gasteiger partial charge on any atom is -0.379 e. The molecule has 1 saturated heterocycles. The van der Waals surface area contributed by atoms with Crippen LogP contribution in [0.1, 0.15) is 26.7 Å². The standard InChI is InChI=1S/C13H26N2O/c1-12(2)13(3-4-13)11-14-5-6-15-7-9-16-10-8-15/h12,14H,3-11H2,1-2H3. The summed E-state index contributed by atoms with van der Waals surface area (Å²) in [6.07, 6.45) is 2.85. The van der Waals surface area contributed by atoms with Crippen LogP contribution in [-0.4, -0.2) is 50.8 Å². The highest BCUT2D eigenvalue weighted by atomic mass is 16.5. The van der Waals surface area contributed by atoms with Gasteiger partial charge in [-0.3, -0.25) is 4.90 Å². The van der Waals surface area contributed by atoms with E-state index in [1.807, 2.05) is 0 Å². The fourth-order valence-corrected chi connectivity index (χ4v) is 2.52. The normalized spacial score (nSPS) is 24.9. The van der Waals surface area contributed by atoms with Crippen LogP contribution in [0.25, 0.3) is 0 Å². The monoisotopic (exact) mass is 226 g/mol. The van der Waals surface area contributed by atoms with Crippen LogP contribution < -0.4 is 5.32 Å². The van der Waals surface area contributed by atoms with Crippen molar-refractivity contribution in [3.8, 4) is 0 Å². The van der Waals surface area contributed by atoms with E-state index in [-0.39, 0.29) is 0 Å². The molecule has 0 spiro atoms. The smallest absolute Gasteiger partial charge is 0.0594 e. The number of morpholine rings is 1. The molecule has 3 heteroatoms. The summed E-state index contributed by atoms with van der Waals surface area (Å²) in [4.78, 5) is 2.49. The van der Waals surface area contributed by atoms with Crippen molar-refractivity contribution in [2.24, 2.45) is 11.3 Å². The first kappa shape index (κ1) is 12.3. The van der Waals surface area contributed by atoms with E-state index >= 15 is 0 Å². The third-order valence-corrected chi connectivity index (χ3v) is 4.30. The van der Waals surface area contributed by atoms with E-state index in [2.05, 4.69) is 24.1 Å². The average molecular weight is 226 g/mol. The molecule has 0 aromatic rings. The molecular weight excluding hydrogens is 200 g/mol. The van der Waals surface area contributed by atoms with Gasteiger partial charge in [0.15, 0.2) is 0 Å². The van der Waals surface area contributed by atoms with Crippen LogP contribution in [0.5, 0.6) is 0 Å². The highest BCUT2D eigenvalue weighted by molar-refractivity contribution is 4.97. The summed E-state index contributed by atoms with van der Waals surface area (Å²) in [5.41, 5.74) is 0.644. The van der Waals surface area contributed by atoms with Gasteiger partial charge in [-0.1, -0.05) is 13.8 Å². The van der Waals surface area contributed by atoms with Gasteiger partial charge in [-0.05, 0) is 24.2 Å². The van der Waals surface area contributed by atoms with Crippen LogP contribution in [0.4, 0.5) is 0 Å². The molecular formula is C13H26N2O. The SMILES string of the molecule is CC(C)C1(CNCCN2CCOCC2)CC1. The minimum atomic E-state index is 0.644. The molecule has 0 amide bonds. The van der Waals surface area contributed by atoms with E-state index in [1.165, 1.54) is 25.9 Å². The van der Waals surface area contributed by atoms with Gasteiger partial charge in [0.25, 0.3) is 0 Å². The van der Waals surface area contributed by atoms with Crippen molar-refractivity contribution >= 4 is 0 Å². The molecule has 1 N–H and O–H groups in total. The lowest BCUT2D eigenvalue weighted by atomic mass is 9.92. The molecule has 0 radical (unpaired) electrons. The molecule has 1 aliphatic heterocycles. The summed E-state index contributed by atoms with van der Waals surface area (Å²) in [5.74, 6) is 0.836. The topological polar surface area (TPSA) is 24.5 Å². The minimum absolute atomic E-state index is 0.644. The summed E-state index contributed by atoms with van der Waals surface area (Å²) in [6, 6.07) is 0. The number of hydrogen-bond donors (Lipinski definition) is 1. The van der Waals surface area contributed by atoms with Gasteiger partial charge in [0.1, 0.15) is 0 Å². The Morgan fingerprint density at radius 1 is 1.25 bits per heavy atom. The quantitative estimate of drug-likeness (QED) is 0.692. The zero-order chi connectivity index (χ0) is 11.4. The van der Waals surface area contributed by atoms with Crippen LogP contribution >= 0.6 is 0 Å². The molecule has 0 aromatic carbocycles. The molecule has 2 fully saturated rings. The molecule has 1 aliphatic carbocycles. The summed E-state index contributed by atoms with van der Waals surface area (Å²) in [7, 11) is 0. The van der Waals surface area contributed by atoms with E-state index in [4.69, 9.17) is 4.74 Å². The largest absolute Gasteiger partial charge is 0.379 e. The Morgan fingerprint density at radius 2 is 1.94 bits per heavy atom. The van der Waals surface area contributed by atoms with Crippen molar-refractivity contribution in [3.05, 3.63) is 0 Å². The van der Waals surface area contributed by atoms with Crippen LogP contribution in [0.2, 0.25) is 0 Å². The Hall–Kier alpha value is -0.120. The summed E-state index contributed by atoms with van der Waals surface area (Å²) >= 11 is 0. The van der Waals surface area contributed by atoms with Gasteiger partial charge in [-0.15, -0.1) is 0 Å². The molecule has 0 atom stereocenters. The Bertz CT molecular complexity index is 208. The van der Waals surface area contributed by atoms with Crippen LogP contribution in [0.3, 0.4) is 0 Å². The fourth-order valence-electron chi connectivity index (χ4n) is 2.52. The molecule has 3 nitrogen and oxygen atoms in total. The maximum absolute atomic E-state index is 5.34. The number of hydrogen-bond acceptors (Lipinski definition) is 3. The first-order chi connectivity index (χ1) is 7.73. The van der Waals surface area contributed by atoms with Crippen molar-refractivity contribution in [1.82, 2.24) is 10.2 Å². The van der Waals surface area contributed by atoms with Crippen LogP contribution in [-0.2, 0) is 4.74 Å².